The summed E-state index contributed by atoms with van der Waals surface area (Å²) in [6.07, 6.45) is 0.887. The summed E-state index contributed by atoms with van der Waals surface area (Å²) in [5.74, 6) is 82.2. The molecule has 0 aliphatic carbocycles. The van der Waals surface area contributed by atoms with Crippen molar-refractivity contribution in [2.75, 3.05) is 32.7 Å². The second kappa shape index (κ2) is 28.5. The summed E-state index contributed by atoms with van der Waals surface area (Å²) in [5.41, 5.74) is 0. The highest BCUT2D eigenvalue weighted by Gasteiger charge is 2.29. The molecule has 0 spiro atoms. The van der Waals surface area contributed by atoms with E-state index in [0.717, 1.165) is 26.1 Å². The molecule has 4 nitrogen and oxygen atoms in total. The molecule has 0 aromatic heterocycles. The molecule has 216 valence electrons. The summed E-state index contributed by atoms with van der Waals surface area (Å²) in [7, 11) is 0. The standard InChI is InChI=1S/C43H23N3O/c1-4-7-9-11-13-15-17-19-21-23-25-27-29-31-33-35-42(47)44-37-39-46-41-40-45(38-6-3)43(46)36-34-32-30-28-26-24-22-20-18-16-14-12-10-8-5-2/h43H,6,37-41H2,1-3H3,(H,44,47). The zero-order valence-electron chi connectivity index (χ0n) is 26.1. The van der Waals surface area contributed by atoms with Crippen LogP contribution in [0.4, 0.5) is 0 Å². The van der Waals surface area contributed by atoms with Crippen LogP contribution in [0.25, 0.3) is 0 Å². The number of carbonyl (C=O) groups excluding carboxylic acids is 1. The molecule has 1 fully saturated rings. The van der Waals surface area contributed by atoms with Crippen LogP contribution >= 0.6 is 0 Å². The third kappa shape index (κ3) is 21.7. The fourth-order valence-corrected chi connectivity index (χ4v) is 3.09. The van der Waals surface area contributed by atoms with E-state index in [-0.39, 0.29) is 6.17 Å². The monoisotopic (exact) mass is 597 g/mol. The fraction of sp³-hybridized carbons (Fsp3) is 0.233. The number of hydrogen-bond acceptors (Lipinski definition) is 3. The summed E-state index contributed by atoms with van der Waals surface area (Å²) in [4.78, 5) is 16.5. The smallest absolute Gasteiger partial charge is 0.296 e. The van der Waals surface area contributed by atoms with Gasteiger partial charge < -0.3 is 5.32 Å². The van der Waals surface area contributed by atoms with E-state index in [2.05, 4.69) is 211 Å². The van der Waals surface area contributed by atoms with Crippen LogP contribution in [0.15, 0.2) is 0 Å². The van der Waals surface area contributed by atoms with E-state index in [0.29, 0.717) is 13.1 Å². The molecule has 1 aliphatic heterocycles. The van der Waals surface area contributed by atoms with Crippen molar-refractivity contribution in [2.45, 2.75) is 33.4 Å². The molecule has 1 N–H and O–H groups in total. The lowest BCUT2D eigenvalue weighted by Crippen LogP contribution is -2.41. The van der Waals surface area contributed by atoms with Crippen LogP contribution in [-0.4, -0.2) is 54.6 Å². The maximum absolute atomic E-state index is 12.1. The molecular formula is C43H23N3O. The number of nitrogens with one attached hydrogen (secondary N) is 1. The summed E-state index contributed by atoms with van der Waals surface area (Å²) >= 11 is 0. The molecule has 1 saturated heterocycles. The first kappa shape index (κ1) is 37.4. The van der Waals surface area contributed by atoms with E-state index in [1.807, 2.05) is 0 Å². The maximum atomic E-state index is 12.1. The van der Waals surface area contributed by atoms with Gasteiger partial charge in [-0.15, -0.1) is 0 Å². The van der Waals surface area contributed by atoms with Crippen LogP contribution < -0.4 is 5.32 Å². The Morgan fingerprint density at radius 3 is 1.23 bits per heavy atom. The third-order valence-corrected chi connectivity index (χ3v) is 4.81. The SMILES string of the molecule is CC#CC#CC#CC#CC#CC#CC#CC#CC(=O)NCCN1CCN(CCC)C1C#CC#CC#CC#CC#CC#CC#CC#CC. The Balaban J connectivity index is 2.59. The van der Waals surface area contributed by atoms with Crippen molar-refractivity contribution in [1.82, 2.24) is 15.1 Å². The predicted molar refractivity (Wildman–Crippen MR) is 186 cm³/mol. The Hall–Kier alpha value is -7.65. The van der Waals surface area contributed by atoms with Crippen molar-refractivity contribution in [3.05, 3.63) is 0 Å². The predicted octanol–water partition coefficient (Wildman–Crippen LogP) is 0.551. The van der Waals surface area contributed by atoms with Gasteiger partial charge in [0.2, 0.25) is 0 Å². The first-order chi connectivity index (χ1) is 23.2. The molecule has 47 heavy (non-hydrogen) atoms. The van der Waals surface area contributed by atoms with Gasteiger partial charge in [-0.1, -0.05) is 24.7 Å². The lowest BCUT2D eigenvalue weighted by Gasteiger charge is -2.25. The van der Waals surface area contributed by atoms with Crippen LogP contribution in [0, 0.1) is 189 Å². The van der Waals surface area contributed by atoms with E-state index >= 15 is 0 Å². The topological polar surface area (TPSA) is 35.6 Å². The zero-order valence-corrected chi connectivity index (χ0v) is 26.1. The van der Waals surface area contributed by atoms with E-state index in [9.17, 15) is 4.79 Å². The second-order valence-electron chi connectivity index (χ2n) is 7.97. The van der Waals surface area contributed by atoms with E-state index in [4.69, 9.17) is 0 Å². The van der Waals surface area contributed by atoms with Gasteiger partial charge in [0.15, 0.2) is 0 Å². The highest BCUT2D eigenvalue weighted by atomic mass is 16.1. The van der Waals surface area contributed by atoms with Gasteiger partial charge in [-0.05, 0) is 186 Å². The normalized spacial score (nSPS) is 10.1. The molecule has 1 unspecified atom stereocenters. The molecule has 1 rings (SSSR count). The first-order valence-corrected chi connectivity index (χ1v) is 13.8. The summed E-state index contributed by atoms with van der Waals surface area (Å²) in [6.45, 7) is 9.12. The molecular weight excluding hydrogens is 574 g/mol. The minimum Gasteiger partial charge on any atom is -0.344 e. The molecule has 0 aromatic rings. The van der Waals surface area contributed by atoms with Gasteiger partial charge >= 0.3 is 0 Å². The Morgan fingerprint density at radius 2 is 0.851 bits per heavy atom. The minimum absolute atomic E-state index is 0.110. The molecule has 0 bridgehead atoms. The number of rotatable bonds is 5. The zero-order chi connectivity index (χ0) is 33.9. The van der Waals surface area contributed by atoms with Gasteiger partial charge in [-0.25, -0.2) is 0 Å². The minimum atomic E-state index is -0.430. The number of nitrogens with zero attached hydrogens (tertiary/aromatic N) is 2. The fourth-order valence-electron chi connectivity index (χ4n) is 3.09. The van der Waals surface area contributed by atoms with Crippen LogP contribution in [0.1, 0.15) is 27.2 Å². The van der Waals surface area contributed by atoms with Gasteiger partial charge in [-0.3, -0.25) is 14.6 Å². The van der Waals surface area contributed by atoms with Crippen molar-refractivity contribution >= 4 is 5.91 Å². The Morgan fingerprint density at radius 1 is 0.511 bits per heavy atom. The van der Waals surface area contributed by atoms with Crippen molar-refractivity contribution in [1.29, 1.82) is 0 Å². The number of hydrogen-bond donors (Lipinski definition) is 1. The van der Waals surface area contributed by atoms with Gasteiger partial charge in [0.25, 0.3) is 5.91 Å². The Labute approximate surface area is 280 Å². The molecule has 0 radical (unpaired) electrons. The van der Waals surface area contributed by atoms with E-state index in [1.165, 1.54) is 0 Å². The average molecular weight is 598 g/mol. The summed E-state index contributed by atoms with van der Waals surface area (Å²) in [5, 5.41) is 2.77. The van der Waals surface area contributed by atoms with E-state index < -0.39 is 5.91 Å². The van der Waals surface area contributed by atoms with Crippen molar-refractivity contribution in [2.24, 2.45) is 0 Å². The van der Waals surface area contributed by atoms with Gasteiger partial charge in [0.05, 0.1) is 0 Å². The summed E-state index contributed by atoms with van der Waals surface area (Å²) < 4.78 is 0. The molecule has 1 atom stereocenters. The Kier molecular flexibility index (Phi) is 22.6. The molecule has 1 amide bonds. The van der Waals surface area contributed by atoms with Crippen LogP contribution in [0.2, 0.25) is 0 Å². The second-order valence-corrected chi connectivity index (χ2v) is 7.97. The number of carbonyl (C=O) groups is 1. The van der Waals surface area contributed by atoms with Gasteiger partial charge in [0, 0.05) is 38.6 Å². The largest absolute Gasteiger partial charge is 0.344 e. The molecule has 0 aromatic carbocycles. The molecule has 1 heterocycles. The quantitative estimate of drug-likeness (QED) is 0.471. The van der Waals surface area contributed by atoms with Crippen LogP contribution in [-0.2, 0) is 4.79 Å². The average Bonchev–Trinajstić information content (AvgIpc) is 3.45. The van der Waals surface area contributed by atoms with Gasteiger partial charge in [-0.2, -0.15) is 0 Å². The van der Waals surface area contributed by atoms with Crippen molar-refractivity contribution in [3.63, 3.8) is 0 Å². The van der Waals surface area contributed by atoms with Crippen LogP contribution in [0.3, 0.4) is 0 Å². The number of amides is 1. The Bertz CT molecular complexity index is 2240. The van der Waals surface area contributed by atoms with Crippen LogP contribution in [0.5, 0.6) is 0 Å². The molecule has 0 saturated carbocycles. The third-order valence-electron chi connectivity index (χ3n) is 4.81. The van der Waals surface area contributed by atoms with E-state index in [1.54, 1.807) is 13.8 Å². The highest BCUT2D eigenvalue weighted by molar-refractivity contribution is 5.94. The molecule has 1 aliphatic rings. The maximum Gasteiger partial charge on any atom is 0.296 e. The first-order valence-electron chi connectivity index (χ1n) is 13.8. The highest BCUT2D eigenvalue weighted by Crippen LogP contribution is 2.13. The summed E-state index contributed by atoms with van der Waals surface area (Å²) in [6, 6.07) is 0. The van der Waals surface area contributed by atoms with Crippen molar-refractivity contribution in [3.8, 4) is 189 Å². The lowest BCUT2D eigenvalue weighted by atomic mass is 10.3. The van der Waals surface area contributed by atoms with Crippen molar-refractivity contribution < 1.29 is 4.79 Å². The van der Waals surface area contributed by atoms with Gasteiger partial charge in [0.1, 0.15) is 6.17 Å². The lowest BCUT2D eigenvalue weighted by molar-refractivity contribution is -0.115. The molecule has 4 heteroatoms.